The number of nitrogens with zero attached hydrogens (tertiary/aromatic N) is 1. The number of ether oxygens (including phenoxy) is 1. The molecule has 0 fully saturated rings. The minimum atomic E-state index is 0.173. The first kappa shape index (κ1) is 12.4. The molecule has 1 aromatic heterocycles. The van der Waals surface area contributed by atoms with Crippen LogP contribution >= 0.6 is 0 Å². The van der Waals surface area contributed by atoms with E-state index in [-0.39, 0.29) is 6.10 Å². The quantitative estimate of drug-likeness (QED) is 0.870. The zero-order valence-electron chi connectivity index (χ0n) is 11.0. The Bertz CT molecular complexity index is 401. The van der Waals surface area contributed by atoms with Gasteiger partial charge in [-0.3, -0.25) is 0 Å². The summed E-state index contributed by atoms with van der Waals surface area (Å²) in [6.07, 6.45) is 3.59. The number of hydrogen-bond acceptors (Lipinski definition) is 3. The number of pyridine rings is 1. The van der Waals surface area contributed by atoms with Gasteiger partial charge in [0, 0.05) is 17.8 Å². The third-order valence-corrected chi connectivity index (χ3v) is 3.55. The first-order chi connectivity index (χ1) is 8.11. The van der Waals surface area contributed by atoms with E-state index in [1.54, 1.807) is 0 Å². The van der Waals surface area contributed by atoms with Crippen molar-refractivity contribution in [1.29, 1.82) is 0 Å². The van der Waals surface area contributed by atoms with Crippen molar-refractivity contribution in [3.8, 4) is 5.88 Å². The van der Waals surface area contributed by atoms with E-state index in [2.05, 4.69) is 31.8 Å². The topological polar surface area (TPSA) is 48.1 Å². The fourth-order valence-corrected chi connectivity index (χ4v) is 2.06. The van der Waals surface area contributed by atoms with Crippen LogP contribution in [-0.4, -0.2) is 11.1 Å². The molecule has 94 valence electrons. The molecule has 1 aliphatic carbocycles. The number of hydrogen-bond donors (Lipinski definition) is 1. The Kier molecular flexibility index (Phi) is 3.67. The lowest BCUT2D eigenvalue weighted by Gasteiger charge is -2.19. The molecule has 0 saturated carbocycles. The van der Waals surface area contributed by atoms with Crippen molar-refractivity contribution >= 4 is 0 Å². The standard InChI is InChI=1S/C14H22N2O/c1-9(2)10(3)17-14-12(8-15)7-11-5-4-6-13(11)16-14/h7,9-10H,4-6,8,15H2,1-3H3. The Hall–Kier alpha value is -1.09. The summed E-state index contributed by atoms with van der Waals surface area (Å²) in [5.74, 6) is 1.23. The first-order valence-electron chi connectivity index (χ1n) is 6.50. The van der Waals surface area contributed by atoms with Gasteiger partial charge in [0.15, 0.2) is 0 Å². The molecule has 1 aromatic rings. The highest BCUT2D eigenvalue weighted by molar-refractivity contribution is 5.36. The molecular weight excluding hydrogens is 212 g/mol. The fraction of sp³-hybridized carbons (Fsp3) is 0.643. The molecule has 1 unspecified atom stereocenters. The van der Waals surface area contributed by atoms with E-state index in [1.165, 1.54) is 17.7 Å². The number of fused-ring (bicyclic) bond motifs is 1. The highest BCUT2D eigenvalue weighted by Crippen LogP contribution is 2.27. The molecule has 0 amide bonds. The van der Waals surface area contributed by atoms with Crippen LogP contribution in [0.3, 0.4) is 0 Å². The molecule has 0 saturated heterocycles. The lowest BCUT2D eigenvalue weighted by molar-refractivity contribution is 0.161. The van der Waals surface area contributed by atoms with Crippen LogP contribution in [-0.2, 0) is 19.4 Å². The fourth-order valence-electron chi connectivity index (χ4n) is 2.06. The van der Waals surface area contributed by atoms with Crippen LogP contribution in [0.25, 0.3) is 0 Å². The summed E-state index contributed by atoms with van der Waals surface area (Å²) in [5, 5.41) is 0. The maximum Gasteiger partial charge on any atom is 0.218 e. The van der Waals surface area contributed by atoms with E-state index in [0.29, 0.717) is 12.5 Å². The van der Waals surface area contributed by atoms with Gasteiger partial charge >= 0.3 is 0 Å². The van der Waals surface area contributed by atoms with Gasteiger partial charge in [-0.2, -0.15) is 0 Å². The molecular formula is C14H22N2O. The van der Waals surface area contributed by atoms with Gasteiger partial charge in [0.2, 0.25) is 5.88 Å². The van der Waals surface area contributed by atoms with Crippen LogP contribution in [0, 0.1) is 5.92 Å². The summed E-state index contributed by atoms with van der Waals surface area (Å²) >= 11 is 0. The molecule has 0 spiro atoms. The second kappa shape index (κ2) is 5.05. The minimum absolute atomic E-state index is 0.173. The Morgan fingerprint density at radius 2 is 2.12 bits per heavy atom. The van der Waals surface area contributed by atoms with E-state index >= 15 is 0 Å². The monoisotopic (exact) mass is 234 g/mol. The highest BCUT2D eigenvalue weighted by atomic mass is 16.5. The first-order valence-corrected chi connectivity index (χ1v) is 6.50. The molecule has 2 rings (SSSR count). The maximum absolute atomic E-state index is 5.93. The molecule has 0 radical (unpaired) electrons. The predicted molar refractivity (Wildman–Crippen MR) is 69.1 cm³/mol. The second-order valence-corrected chi connectivity index (χ2v) is 5.18. The molecule has 3 heteroatoms. The molecule has 0 aromatic carbocycles. The van der Waals surface area contributed by atoms with Gasteiger partial charge in [0.05, 0.1) is 6.10 Å². The number of nitrogens with two attached hydrogens (primary N) is 1. The zero-order chi connectivity index (χ0) is 12.4. The van der Waals surface area contributed by atoms with Crippen LogP contribution in [0.2, 0.25) is 0 Å². The molecule has 1 aliphatic rings. The van der Waals surface area contributed by atoms with Gasteiger partial charge in [0.1, 0.15) is 0 Å². The third kappa shape index (κ3) is 2.60. The number of aryl methyl sites for hydroxylation is 2. The van der Waals surface area contributed by atoms with Crippen LogP contribution < -0.4 is 10.5 Å². The van der Waals surface area contributed by atoms with E-state index in [4.69, 9.17) is 10.5 Å². The largest absolute Gasteiger partial charge is 0.474 e. The predicted octanol–water partition coefficient (Wildman–Crippen LogP) is 2.45. The maximum atomic E-state index is 5.93. The SMILES string of the molecule is CC(C)C(C)Oc1nc2c(cc1CN)CCC2. The van der Waals surface area contributed by atoms with Gasteiger partial charge in [-0.15, -0.1) is 0 Å². The molecule has 2 N–H and O–H groups in total. The lowest BCUT2D eigenvalue weighted by Crippen LogP contribution is -2.21. The van der Waals surface area contributed by atoms with Crippen molar-refractivity contribution in [1.82, 2.24) is 4.98 Å². The summed E-state index contributed by atoms with van der Waals surface area (Å²) in [6.45, 7) is 6.89. The average molecular weight is 234 g/mol. The Morgan fingerprint density at radius 3 is 2.76 bits per heavy atom. The lowest BCUT2D eigenvalue weighted by atomic mass is 10.1. The van der Waals surface area contributed by atoms with Gasteiger partial charge in [0.25, 0.3) is 0 Å². The summed E-state index contributed by atoms with van der Waals surface area (Å²) in [5.41, 5.74) is 9.37. The third-order valence-electron chi connectivity index (χ3n) is 3.55. The zero-order valence-corrected chi connectivity index (χ0v) is 11.0. The number of rotatable bonds is 4. The van der Waals surface area contributed by atoms with E-state index in [9.17, 15) is 0 Å². The summed E-state index contributed by atoms with van der Waals surface area (Å²) < 4.78 is 5.93. The molecule has 3 nitrogen and oxygen atoms in total. The molecule has 1 heterocycles. The summed E-state index contributed by atoms with van der Waals surface area (Å²) in [4.78, 5) is 4.64. The van der Waals surface area contributed by atoms with E-state index < -0.39 is 0 Å². The van der Waals surface area contributed by atoms with Crippen molar-refractivity contribution in [2.24, 2.45) is 11.7 Å². The molecule has 0 bridgehead atoms. The van der Waals surface area contributed by atoms with Gasteiger partial charge < -0.3 is 10.5 Å². The number of aromatic nitrogens is 1. The molecule has 17 heavy (non-hydrogen) atoms. The van der Waals surface area contributed by atoms with Crippen LogP contribution in [0.4, 0.5) is 0 Å². The van der Waals surface area contributed by atoms with Crippen LogP contribution in [0.15, 0.2) is 6.07 Å². The minimum Gasteiger partial charge on any atom is -0.474 e. The average Bonchev–Trinajstić information content (AvgIpc) is 2.74. The van der Waals surface area contributed by atoms with Crippen molar-refractivity contribution in [2.45, 2.75) is 52.7 Å². The van der Waals surface area contributed by atoms with Crippen LogP contribution in [0.1, 0.15) is 44.0 Å². The van der Waals surface area contributed by atoms with E-state index in [0.717, 1.165) is 24.3 Å². The van der Waals surface area contributed by atoms with Crippen molar-refractivity contribution in [2.75, 3.05) is 0 Å². The highest BCUT2D eigenvalue weighted by Gasteiger charge is 2.18. The normalized spacial score (nSPS) is 16.1. The van der Waals surface area contributed by atoms with Crippen molar-refractivity contribution < 1.29 is 4.74 Å². The Balaban J connectivity index is 2.26. The molecule has 1 atom stereocenters. The molecule has 0 aliphatic heterocycles. The summed E-state index contributed by atoms with van der Waals surface area (Å²) in [6, 6.07) is 2.18. The van der Waals surface area contributed by atoms with Gasteiger partial charge in [-0.05, 0) is 43.7 Å². The van der Waals surface area contributed by atoms with Gasteiger partial charge in [-0.1, -0.05) is 13.8 Å². The van der Waals surface area contributed by atoms with Crippen molar-refractivity contribution in [3.05, 3.63) is 22.9 Å². The van der Waals surface area contributed by atoms with Gasteiger partial charge in [-0.25, -0.2) is 4.98 Å². The second-order valence-electron chi connectivity index (χ2n) is 5.18. The summed E-state index contributed by atoms with van der Waals surface area (Å²) in [7, 11) is 0. The Morgan fingerprint density at radius 1 is 1.35 bits per heavy atom. The van der Waals surface area contributed by atoms with E-state index in [1.807, 2.05) is 0 Å². The van der Waals surface area contributed by atoms with Crippen molar-refractivity contribution in [3.63, 3.8) is 0 Å². The smallest absolute Gasteiger partial charge is 0.218 e. The Labute approximate surface area is 103 Å². The van der Waals surface area contributed by atoms with Crippen LogP contribution in [0.5, 0.6) is 5.88 Å².